The van der Waals surface area contributed by atoms with Crippen molar-refractivity contribution in [2.45, 2.75) is 31.8 Å². The molecule has 0 atom stereocenters. The molecule has 2 aromatic rings. The van der Waals surface area contributed by atoms with Gasteiger partial charge in [0.15, 0.2) is 0 Å². The molecule has 0 radical (unpaired) electrons. The van der Waals surface area contributed by atoms with E-state index in [4.69, 9.17) is 0 Å². The van der Waals surface area contributed by atoms with Crippen LogP contribution in [0.25, 0.3) is 0 Å². The Bertz CT molecular complexity index is 812. The van der Waals surface area contributed by atoms with Crippen LogP contribution in [0.15, 0.2) is 42.5 Å². The molecule has 2 aliphatic rings. The number of amides is 1. The quantitative estimate of drug-likeness (QED) is 0.880. The molecule has 2 N–H and O–H groups in total. The summed E-state index contributed by atoms with van der Waals surface area (Å²) in [5, 5.41) is 6.50. The Morgan fingerprint density at radius 3 is 2.56 bits per heavy atom. The van der Waals surface area contributed by atoms with Gasteiger partial charge in [-0.25, -0.2) is 4.39 Å². The zero-order valence-corrected chi connectivity index (χ0v) is 14.3. The molecular weight excluding hydrogens is 317 g/mol. The molecule has 5 heteroatoms. The van der Waals surface area contributed by atoms with Crippen molar-refractivity contribution in [3.8, 4) is 0 Å². The van der Waals surface area contributed by atoms with Crippen LogP contribution in [-0.2, 0) is 11.3 Å². The van der Waals surface area contributed by atoms with Gasteiger partial charge in [0.05, 0.1) is 11.4 Å². The summed E-state index contributed by atoms with van der Waals surface area (Å²) in [6.45, 7) is 4.15. The molecule has 0 aromatic heterocycles. The van der Waals surface area contributed by atoms with E-state index < -0.39 is 5.54 Å². The summed E-state index contributed by atoms with van der Waals surface area (Å²) >= 11 is 0. The van der Waals surface area contributed by atoms with Crippen molar-refractivity contribution in [2.24, 2.45) is 0 Å². The molecule has 1 amide bonds. The molecule has 1 saturated heterocycles. The highest BCUT2D eigenvalue weighted by Crippen LogP contribution is 2.36. The fourth-order valence-corrected chi connectivity index (χ4v) is 3.77. The van der Waals surface area contributed by atoms with Gasteiger partial charge >= 0.3 is 0 Å². The summed E-state index contributed by atoms with van der Waals surface area (Å²) in [4.78, 5) is 15.0. The first-order valence-corrected chi connectivity index (χ1v) is 8.72. The number of nitrogens with one attached hydrogen (secondary N) is 2. The van der Waals surface area contributed by atoms with Crippen LogP contribution in [0.5, 0.6) is 0 Å². The van der Waals surface area contributed by atoms with Gasteiger partial charge in [-0.05, 0) is 49.1 Å². The highest BCUT2D eigenvalue weighted by Gasteiger charge is 2.44. The van der Waals surface area contributed by atoms with Crippen molar-refractivity contribution >= 4 is 17.3 Å². The van der Waals surface area contributed by atoms with Crippen molar-refractivity contribution < 1.29 is 9.18 Å². The Morgan fingerprint density at radius 2 is 1.80 bits per heavy atom. The second-order valence-electron chi connectivity index (χ2n) is 7.01. The summed E-state index contributed by atoms with van der Waals surface area (Å²) in [6, 6.07) is 13.0. The second-order valence-corrected chi connectivity index (χ2v) is 7.01. The maximum Gasteiger partial charge on any atom is 0.250 e. The van der Waals surface area contributed by atoms with Crippen molar-refractivity contribution in [1.82, 2.24) is 4.90 Å². The van der Waals surface area contributed by atoms with E-state index in [0.29, 0.717) is 5.56 Å². The van der Waals surface area contributed by atoms with Gasteiger partial charge in [-0.15, -0.1) is 0 Å². The maximum absolute atomic E-state index is 13.7. The summed E-state index contributed by atoms with van der Waals surface area (Å²) in [7, 11) is 0. The van der Waals surface area contributed by atoms with Crippen LogP contribution in [0.3, 0.4) is 0 Å². The Balaban J connectivity index is 1.46. The first-order valence-electron chi connectivity index (χ1n) is 8.72. The topological polar surface area (TPSA) is 44.4 Å². The van der Waals surface area contributed by atoms with Gasteiger partial charge in [-0.3, -0.25) is 9.69 Å². The summed E-state index contributed by atoms with van der Waals surface area (Å²) in [6.07, 6.45) is 1.48. The molecule has 130 valence electrons. The van der Waals surface area contributed by atoms with Crippen LogP contribution in [-0.4, -0.2) is 29.4 Å². The van der Waals surface area contributed by atoms with E-state index in [9.17, 15) is 9.18 Å². The molecule has 2 aliphatic heterocycles. The van der Waals surface area contributed by atoms with E-state index in [0.717, 1.165) is 49.4 Å². The zero-order valence-electron chi connectivity index (χ0n) is 14.3. The van der Waals surface area contributed by atoms with Gasteiger partial charge in [0.2, 0.25) is 5.91 Å². The lowest BCUT2D eigenvalue weighted by Gasteiger charge is -2.44. The fraction of sp³-hybridized carbons (Fsp3) is 0.350. The maximum atomic E-state index is 13.7. The van der Waals surface area contributed by atoms with Crippen LogP contribution in [0, 0.1) is 12.7 Å². The lowest BCUT2D eigenvalue weighted by Crippen LogP contribution is -2.58. The van der Waals surface area contributed by atoms with E-state index >= 15 is 0 Å². The van der Waals surface area contributed by atoms with Gasteiger partial charge < -0.3 is 10.6 Å². The lowest BCUT2D eigenvalue weighted by atomic mass is 9.84. The molecule has 2 aromatic carbocycles. The molecule has 25 heavy (non-hydrogen) atoms. The number of halogens is 1. The minimum atomic E-state index is -0.540. The number of carbonyl (C=O) groups excluding carboxylic acids is 1. The smallest absolute Gasteiger partial charge is 0.250 e. The molecular formula is C20H22FN3O. The molecule has 0 unspecified atom stereocenters. The number of carbonyl (C=O) groups is 1. The third kappa shape index (κ3) is 2.89. The molecule has 4 rings (SSSR count). The van der Waals surface area contributed by atoms with Gasteiger partial charge in [0, 0.05) is 19.6 Å². The van der Waals surface area contributed by atoms with E-state index in [1.165, 1.54) is 6.07 Å². The number of likely N-dealkylation sites (tertiary alicyclic amines) is 1. The first-order chi connectivity index (χ1) is 12.1. The molecule has 1 fully saturated rings. The fourth-order valence-electron chi connectivity index (χ4n) is 3.77. The highest BCUT2D eigenvalue weighted by atomic mass is 19.1. The van der Waals surface area contributed by atoms with Gasteiger partial charge in [0.25, 0.3) is 0 Å². The summed E-state index contributed by atoms with van der Waals surface area (Å²) in [5.41, 5.74) is 3.02. The van der Waals surface area contributed by atoms with Crippen LogP contribution < -0.4 is 10.6 Å². The van der Waals surface area contributed by atoms with E-state index in [2.05, 4.69) is 15.5 Å². The number of fused-ring (bicyclic) bond motifs is 1. The Hall–Kier alpha value is -2.40. The number of rotatable bonds is 2. The molecule has 1 spiro atoms. The second kappa shape index (κ2) is 6.15. The van der Waals surface area contributed by atoms with E-state index in [-0.39, 0.29) is 11.7 Å². The monoisotopic (exact) mass is 339 g/mol. The molecule has 0 saturated carbocycles. The van der Waals surface area contributed by atoms with Gasteiger partial charge in [-0.2, -0.15) is 0 Å². The molecule has 0 aliphatic carbocycles. The van der Waals surface area contributed by atoms with E-state index in [1.807, 2.05) is 37.3 Å². The Labute approximate surface area is 147 Å². The largest absolute Gasteiger partial charge is 0.369 e. The standard InChI is InChI=1S/C20H22FN3O/c1-14-15(5-4-6-16(14)21)13-24-11-9-20(10-12-24)19(25)22-17-7-2-3-8-18(17)23-20/h2-8,23H,9-13H2,1H3,(H,22,25). The third-order valence-electron chi connectivity index (χ3n) is 5.47. The van der Waals surface area contributed by atoms with Crippen LogP contribution in [0.1, 0.15) is 24.0 Å². The average Bonchev–Trinajstić information content (AvgIpc) is 2.62. The molecule has 4 nitrogen and oxygen atoms in total. The Morgan fingerprint density at radius 1 is 1.08 bits per heavy atom. The van der Waals surface area contributed by atoms with Crippen LogP contribution in [0.2, 0.25) is 0 Å². The summed E-state index contributed by atoms with van der Waals surface area (Å²) in [5.74, 6) is -0.108. The number of hydrogen-bond donors (Lipinski definition) is 2. The van der Waals surface area contributed by atoms with Gasteiger partial charge in [0.1, 0.15) is 11.4 Å². The SMILES string of the molecule is Cc1c(F)cccc1CN1CCC2(CC1)Nc1ccccc1NC2=O. The molecule has 2 heterocycles. The third-order valence-corrected chi connectivity index (χ3v) is 5.47. The number of nitrogens with zero attached hydrogens (tertiary/aromatic N) is 1. The minimum Gasteiger partial charge on any atom is -0.369 e. The average molecular weight is 339 g/mol. The highest BCUT2D eigenvalue weighted by molar-refractivity contribution is 6.06. The number of hydrogen-bond acceptors (Lipinski definition) is 3. The minimum absolute atomic E-state index is 0.0489. The summed E-state index contributed by atoms with van der Waals surface area (Å²) < 4.78 is 13.7. The predicted molar refractivity (Wildman–Crippen MR) is 97.1 cm³/mol. The van der Waals surface area contributed by atoms with Crippen LogP contribution in [0.4, 0.5) is 15.8 Å². The lowest BCUT2D eigenvalue weighted by molar-refractivity contribution is -0.122. The first kappa shape index (κ1) is 16.1. The van der Waals surface area contributed by atoms with Crippen LogP contribution >= 0.6 is 0 Å². The van der Waals surface area contributed by atoms with Gasteiger partial charge in [-0.1, -0.05) is 24.3 Å². The van der Waals surface area contributed by atoms with Crippen molar-refractivity contribution in [3.05, 3.63) is 59.4 Å². The molecule has 0 bridgehead atoms. The normalized spacial score (nSPS) is 19.2. The number of para-hydroxylation sites is 2. The number of benzene rings is 2. The zero-order chi connectivity index (χ0) is 17.4. The number of anilines is 2. The Kier molecular flexibility index (Phi) is 3.96. The number of piperidine rings is 1. The predicted octanol–water partition coefficient (Wildman–Crippen LogP) is 3.53. The van der Waals surface area contributed by atoms with E-state index in [1.54, 1.807) is 6.07 Å². The van der Waals surface area contributed by atoms with Crippen molar-refractivity contribution in [2.75, 3.05) is 23.7 Å². The van der Waals surface area contributed by atoms with Crippen molar-refractivity contribution in [3.63, 3.8) is 0 Å². The van der Waals surface area contributed by atoms with Crippen molar-refractivity contribution in [1.29, 1.82) is 0 Å².